The van der Waals surface area contributed by atoms with Crippen LogP contribution in [0.1, 0.15) is 23.6 Å². The molecule has 0 spiro atoms. The molecule has 0 aliphatic heterocycles. The maximum absolute atomic E-state index is 13.4. The summed E-state index contributed by atoms with van der Waals surface area (Å²) in [6, 6.07) is 12.2. The molecule has 0 bridgehead atoms. The largest absolute Gasteiger partial charge is 0.368 e. The first-order valence-corrected chi connectivity index (χ1v) is 8.89. The number of nitriles is 1. The topological polar surface area (TPSA) is 125 Å². The van der Waals surface area contributed by atoms with Crippen molar-refractivity contribution in [3.8, 4) is 6.07 Å². The number of hydrogen-bond donors (Lipinski definition) is 3. The van der Waals surface area contributed by atoms with E-state index in [1.54, 1.807) is 30.3 Å². The van der Waals surface area contributed by atoms with Crippen LogP contribution in [0, 0.1) is 17.1 Å². The summed E-state index contributed by atoms with van der Waals surface area (Å²) in [5, 5.41) is 14.2. The second-order valence-electron chi connectivity index (χ2n) is 6.52. The minimum Gasteiger partial charge on any atom is -0.368 e. The average molecular weight is 396 g/mol. The third kappa shape index (κ3) is 6.43. The SMILES string of the molecule is CC(=O)N[C@@H](Cc1cccc(F)c1)C(=O)N[C@@H](Cc1ccccc1C#N)C(N)=O. The Bertz CT molecular complexity index is 955. The molecule has 4 N–H and O–H groups in total. The van der Waals surface area contributed by atoms with E-state index in [2.05, 4.69) is 10.6 Å². The van der Waals surface area contributed by atoms with Gasteiger partial charge in [-0.25, -0.2) is 4.39 Å². The Balaban J connectivity index is 2.18. The zero-order valence-electron chi connectivity index (χ0n) is 15.8. The van der Waals surface area contributed by atoms with Crippen LogP contribution in [0.5, 0.6) is 0 Å². The Morgan fingerprint density at radius 2 is 1.79 bits per heavy atom. The predicted molar refractivity (Wildman–Crippen MR) is 104 cm³/mol. The number of halogens is 1. The summed E-state index contributed by atoms with van der Waals surface area (Å²) in [5.74, 6) is -2.33. The number of hydrogen-bond acceptors (Lipinski definition) is 4. The molecule has 29 heavy (non-hydrogen) atoms. The molecule has 0 saturated carbocycles. The van der Waals surface area contributed by atoms with Crippen molar-refractivity contribution in [1.82, 2.24) is 10.6 Å². The minimum absolute atomic E-state index is 0.0254. The molecule has 2 atom stereocenters. The fourth-order valence-electron chi connectivity index (χ4n) is 2.88. The molecule has 0 aliphatic carbocycles. The molecule has 8 heteroatoms. The number of nitrogens with zero attached hydrogens (tertiary/aromatic N) is 1. The molecular formula is C21H21FN4O3. The highest BCUT2D eigenvalue weighted by molar-refractivity contribution is 5.91. The van der Waals surface area contributed by atoms with Crippen LogP contribution in [0.4, 0.5) is 4.39 Å². The van der Waals surface area contributed by atoms with Crippen LogP contribution in [0.3, 0.4) is 0 Å². The van der Waals surface area contributed by atoms with Crippen molar-refractivity contribution < 1.29 is 18.8 Å². The molecule has 0 heterocycles. The maximum Gasteiger partial charge on any atom is 0.243 e. The summed E-state index contributed by atoms with van der Waals surface area (Å²) in [5.41, 5.74) is 6.85. The standard InChI is InChI=1S/C21H21FN4O3/c1-13(27)25-19(10-14-5-4-8-17(22)9-14)21(29)26-18(20(24)28)11-15-6-2-3-7-16(15)12-23/h2-9,18-19H,10-11H2,1H3,(H2,24,28)(H,25,27)(H,26,29)/t18-,19-/m0/s1. The highest BCUT2D eigenvalue weighted by atomic mass is 19.1. The first-order chi connectivity index (χ1) is 13.8. The zero-order valence-corrected chi connectivity index (χ0v) is 15.8. The smallest absolute Gasteiger partial charge is 0.243 e. The van der Waals surface area contributed by atoms with E-state index in [4.69, 9.17) is 5.73 Å². The summed E-state index contributed by atoms with van der Waals surface area (Å²) in [6.07, 6.45) is 0.0565. The van der Waals surface area contributed by atoms with Crippen molar-refractivity contribution in [3.63, 3.8) is 0 Å². The Morgan fingerprint density at radius 3 is 2.41 bits per heavy atom. The summed E-state index contributed by atoms with van der Waals surface area (Å²) in [4.78, 5) is 36.1. The van der Waals surface area contributed by atoms with Crippen molar-refractivity contribution >= 4 is 17.7 Å². The molecule has 0 aliphatic rings. The molecule has 7 nitrogen and oxygen atoms in total. The van der Waals surface area contributed by atoms with Crippen molar-refractivity contribution in [3.05, 3.63) is 71.0 Å². The van der Waals surface area contributed by atoms with Gasteiger partial charge in [0.15, 0.2) is 0 Å². The first kappa shape index (κ1) is 21.6. The van der Waals surface area contributed by atoms with Crippen molar-refractivity contribution in [2.24, 2.45) is 5.73 Å². The monoisotopic (exact) mass is 396 g/mol. The summed E-state index contributed by atoms with van der Waals surface area (Å²) in [7, 11) is 0. The Labute approximate surface area is 167 Å². The summed E-state index contributed by atoms with van der Waals surface area (Å²) in [6.45, 7) is 1.25. The third-order valence-electron chi connectivity index (χ3n) is 4.24. The second-order valence-corrected chi connectivity index (χ2v) is 6.52. The van der Waals surface area contributed by atoms with E-state index >= 15 is 0 Å². The number of carbonyl (C=O) groups is 3. The van der Waals surface area contributed by atoms with Gasteiger partial charge in [-0.3, -0.25) is 14.4 Å². The summed E-state index contributed by atoms with van der Waals surface area (Å²) < 4.78 is 13.4. The van der Waals surface area contributed by atoms with Gasteiger partial charge in [0.05, 0.1) is 11.6 Å². The van der Waals surface area contributed by atoms with E-state index < -0.39 is 35.6 Å². The van der Waals surface area contributed by atoms with E-state index in [1.807, 2.05) is 6.07 Å². The molecule has 2 aromatic carbocycles. The van der Waals surface area contributed by atoms with Gasteiger partial charge in [-0.05, 0) is 29.3 Å². The Hall–Kier alpha value is -3.73. The first-order valence-electron chi connectivity index (χ1n) is 8.89. The molecule has 2 aromatic rings. The van der Waals surface area contributed by atoms with Gasteiger partial charge < -0.3 is 16.4 Å². The Kier molecular flexibility index (Phi) is 7.43. The van der Waals surface area contributed by atoms with Crippen LogP contribution in [0.15, 0.2) is 48.5 Å². The summed E-state index contributed by atoms with van der Waals surface area (Å²) >= 11 is 0. The zero-order chi connectivity index (χ0) is 21.4. The van der Waals surface area contributed by atoms with Gasteiger partial charge >= 0.3 is 0 Å². The number of nitrogens with one attached hydrogen (secondary N) is 2. The quantitative estimate of drug-likeness (QED) is 0.614. The highest BCUT2D eigenvalue weighted by Crippen LogP contribution is 2.11. The molecule has 150 valence electrons. The van der Waals surface area contributed by atoms with Crippen molar-refractivity contribution in [1.29, 1.82) is 5.26 Å². The van der Waals surface area contributed by atoms with Crippen LogP contribution in [-0.2, 0) is 27.2 Å². The molecule has 0 aromatic heterocycles. The van der Waals surface area contributed by atoms with E-state index in [-0.39, 0.29) is 12.8 Å². The highest BCUT2D eigenvalue weighted by Gasteiger charge is 2.26. The molecular weight excluding hydrogens is 375 g/mol. The molecule has 0 radical (unpaired) electrons. The number of nitrogens with two attached hydrogens (primary N) is 1. The van der Waals surface area contributed by atoms with Gasteiger partial charge in [-0.15, -0.1) is 0 Å². The van der Waals surface area contributed by atoms with E-state index in [1.165, 1.54) is 25.1 Å². The van der Waals surface area contributed by atoms with Gasteiger partial charge in [0.25, 0.3) is 0 Å². The lowest BCUT2D eigenvalue weighted by Gasteiger charge is -2.22. The molecule has 3 amide bonds. The average Bonchev–Trinajstić information content (AvgIpc) is 2.66. The molecule has 2 rings (SSSR count). The van der Waals surface area contributed by atoms with Gasteiger partial charge in [-0.1, -0.05) is 30.3 Å². The molecule has 0 saturated heterocycles. The van der Waals surface area contributed by atoms with Crippen molar-refractivity contribution in [2.75, 3.05) is 0 Å². The number of carbonyl (C=O) groups excluding carboxylic acids is 3. The normalized spacial score (nSPS) is 12.3. The van der Waals surface area contributed by atoms with Crippen LogP contribution in [0.2, 0.25) is 0 Å². The lowest BCUT2D eigenvalue weighted by Crippen LogP contribution is -2.54. The number of amides is 3. The van der Waals surface area contributed by atoms with Crippen LogP contribution in [0.25, 0.3) is 0 Å². The minimum atomic E-state index is -1.08. The third-order valence-corrected chi connectivity index (χ3v) is 4.24. The lowest BCUT2D eigenvalue weighted by molar-refractivity contribution is -0.130. The fourth-order valence-corrected chi connectivity index (χ4v) is 2.88. The van der Waals surface area contributed by atoms with Crippen LogP contribution in [-0.4, -0.2) is 29.8 Å². The molecule has 0 fully saturated rings. The second kappa shape index (κ2) is 9.99. The van der Waals surface area contributed by atoms with E-state index in [0.717, 1.165) is 0 Å². The Morgan fingerprint density at radius 1 is 1.07 bits per heavy atom. The van der Waals surface area contributed by atoms with Gasteiger partial charge in [0.2, 0.25) is 17.7 Å². The lowest BCUT2D eigenvalue weighted by atomic mass is 9.99. The molecule has 0 unspecified atom stereocenters. The van der Waals surface area contributed by atoms with Crippen LogP contribution < -0.4 is 16.4 Å². The van der Waals surface area contributed by atoms with E-state index in [9.17, 15) is 24.0 Å². The number of rotatable bonds is 8. The van der Waals surface area contributed by atoms with Gasteiger partial charge in [0, 0.05) is 19.8 Å². The van der Waals surface area contributed by atoms with E-state index in [0.29, 0.717) is 16.7 Å². The predicted octanol–water partition coefficient (Wildman–Crippen LogP) is 0.957. The fraction of sp³-hybridized carbons (Fsp3) is 0.238. The van der Waals surface area contributed by atoms with Crippen LogP contribution >= 0.6 is 0 Å². The number of primary amides is 1. The van der Waals surface area contributed by atoms with Gasteiger partial charge in [0.1, 0.15) is 17.9 Å². The number of benzene rings is 2. The maximum atomic E-state index is 13.4. The van der Waals surface area contributed by atoms with Crippen molar-refractivity contribution in [2.45, 2.75) is 31.8 Å². The van der Waals surface area contributed by atoms with Gasteiger partial charge in [-0.2, -0.15) is 5.26 Å².